The van der Waals surface area contributed by atoms with Crippen LogP contribution in [0.15, 0.2) is 59.6 Å². The van der Waals surface area contributed by atoms with Crippen molar-refractivity contribution in [2.75, 3.05) is 18.4 Å². The fourth-order valence-corrected chi connectivity index (χ4v) is 3.92. The Labute approximate surface area is 156 Å². The average molecular weight is 386 g/mol. The van der Waals surface area contributed by atoms with Gasteiger partial charge >= 0.3 is 0 Å². The highest BCUT2D eigenvalue weighted by Gasteiger charge is 2.17. The Kier molecular flexibility index (Phi) is 5.33. The van der Waals surface area contributed by atoms with Crippen molar-refractivity contribution >= 4 is 32.3 Å². The maximum Gasteiger partial charge on any atom is 0.269 e. The van der Waals surface area contributed by atoms with Crippen LogP contribution in [0.4, 0.5) is 11.4 Å². The number of nitrogens with one attached hydrogen (secondary N) is 2. The Morgan fingerprint density at radius 2 is 1.81 bits per heavy atom. The van der Waals surface area contributed by atoms with E-state index in [1.54, 1.807) is 42.6 Å². The van der Waals surface area contributed by atoms with Crippen LogP contribution in [0.2, 0.25) is 0 Å². The number of aromatic nitrogens is 1. The molecule has 1 aromatic heterocycles. The number of aryl methyl sites for hydroxylation is 1. The molecule has 27 heavy (non-hydrogen) atoms. The highest BCUT2D eigenvalue weighted by molar-refractivity contribution is 7.89. The number of hydrogen-bond acceptors (Lipinski definition) is 6. The molecule has 1 heterocycles. The molecular weight excluding hydrogens is 368 g/mol. The van der Waals surface area contributed by atoms with Crippen molar-refractivity contribution in [2.24, 2.45) is 0 Å². The molecule has 0 atom stereocenters. The van der Waals surface area contributed by atoms with Gasteiger partial charge in [-0.1, -0.05) is 6.07 Å². The third kappa shape index (κ3) is 4.21. The van der Waals surface area contributed by atoms with Crippen LogP contribution in [-0.2, 0) is 10.0 Å². The van der Waals surface area contributed by atoms with Gasteiger partial charge in [0.2, 0.25) is 10.0 Å². The number of sulfonamides is 1. The van der Waals surface area contributed by atoms with E-state index in [1.165, 1.54) is 12.1 Å². The predicted octanol–water partition coefficient (Wildman–Crippen LogP) is 2.84. The molecule has 0 aliphatic rings. The van der Waals surface area contributed by atoms with Gasteiger partial charge in [-0.25, -0.2) is 13.1 Å². The molecule has 0 aliphatic carbocycles. The number of anilines is 1. The van der Waals surface area contributed by atoms with E-state index in [0.29, 0.717) is 23.1 Å². The maximum atomic E-state index is 12.6. The summed E-state index contributed by atoms with van der Waals surface area (Å²) in [5, 5.41) is 14.2. The molecule has 0 fully saturated rings. The van der Waals surface area contributed by atoms with Crippen LogP contribution in [0.5, 0.6) is 0 Å². The van der Waals surface area contributed by atoms with Crippen LogP contribution < -0.4 is 10.0 Å². The number of non-ortho nitro benzene ring substituents is 1. The van der Waals surface area contributed by atoms with Gasteiger partial charge in [-0.3, -0.25) is 15.1 Å². The third-order valence-corrected chi connectivity index (χ3v) is 5.56. The molecule has 0 radical (unpaired) electrons. The van der Waals surface area contributed by atoms with Crippen molar-refractivity contribution < 1.29 is 13.3 Å². The molecule has 0 unspecified atom stereocenters. The minimum Gasteiger partial charge on any atom is -0.384 e. The summed E-state index contributed by atoms with van der Waals surface area (Å²) in [6, 6.07) is 12.7. The van der Waals surface area contributed by atoms with Crippen molar-refractivity contribution in [2.45, 2.75) is 11.8 Å². The van der Waals surface area contributed by atoms with Gasteiger partial charge in [0.1, 0.15) is 0 Å². The van der Waals surface area contributed by atoms with Crippen molar-refractivity contribution in [3.05, 3.63) is 70.4 Å². The van der Waals surface area contributed by atoms with Crippen molar-refractivity contribution in [1.29, 1.82) is 0 Å². The van der Waals surface area contributed by atoms with E-state index in [-0.39, 0.29) is 17.1 Å². The summed E-state index contributed by atoms with van der Waals surface area (Å²) in [5.41, 5.74) is 2.24. The van der Waals surface area contributed by atoms with E-state index in [1.807, 2.05) is 6.92 Å². The molecular formula is C18H18N4O4S. The van der Waals surface area contributed by atoms with E-state index in [9.17, 15) is 18.5 Å². The Bertz CT molecular complexity index is 1080. The minimum atomic E-state index is -3.70. The first-order chi connectivity index (χ1) is 12.9. The standard InChI is InChI=1S/C18H18N4O4S/c1-13-4-9-17(16-3-2-10-20-18(13)16)27(25,26)21-12-11-19-14-5-7-15(8-6-14)22(23)24/h2-10,19,21H,11-12H2,1H3. The fourth-order valence-electron chi connectivity index (χ4n) is 2.69. The first-order valence-electron chi connectivity index (χ1n) is 8.21. The number of pyridine rings is 1. The zero-order valence-corrected chi connectivity index (χ0v) is 15.4. The lowest BCUT2D eigenvalue weighted by Gasteiger charge is -2.11. The van der Waals surface area contributed by atoms with Crippen LogP contribution in [0, 0.1) is 17.0 Å². The average Bonchev–Trinajstić information content (AvgIpc) is 2.66. The number of nitro benzene ring substituents is 1. The van der Waals surface area contributed by atoms with Gasteiger partial charge in [-0.15, -0.1) is 0 Å². The molecule has 0 spiro atoms. The quantitative estimate of drug-likeness (QED) is 0.367. The molecule has 2 N–H and O–H groups in total. The SMILES string of the molecule is Cc1ccc(S(=O)(=O)NCCNc2ccc([N+](=O)[O-])cc2)c2cccnc12. The second-order valence-electron chi connectivity index (χ2n) is 5.91. The van der Waals surface area contributed by atoms with Gasteiger partial charge in [0.25, 0.3) is 5.69 Å². The van der Waals surface area contributed by atoms with Crippen molar-refractivity contribution in [1.82, 2.24) is 9.71 Å². The molecule has 8 nitrogen and oxygen atoms in total. The molecule has 3 aromatic rings. The van der Waals surface area contributed by atoms with Gasteiger partial charge in [0.15, 0.2) is 0 Å². The normalized spacial score (nSPS) is 11.4. The molecule has 0 saturated carbocycles. The lowest BCUT2D eigenvalue weighted by atomic mass is 10.1. The van der Waals surface area contributed by atoms with E-state index in [2.05, 4.69) is 15.0 Å². The Balaban J connectivity index is 1.66. The lowest BCUT2D eigenvalue weighted by molar-refractivity contribution is -0.384. The lowest BCUT2D eigenvalue weighted by Crippen LogP contribution is -2.29. The van der Waals surface area contributed by atoms with E-state index in [0.717, 1.165) is 5.56 Å². The molecule has 0 saturated heterocycles. The Morgan fingerprint density at radius 1 is 1.07 bits per heavy atom. The Hall–Kier alpha value is -3.04. The van der Waals surface area contributed by atoms with Crippen LogP contribution in [0.25, 0.3) is 10.9 Å². The summed E-state index contributed by atoms with van der Waals surface area (Å²) >= 11 is 0. The van der Waals surface area contributed by atoms with Gasteiger partial charge in [-0.05, 0) is 42.8 Å². The van der Waals surface area contributed by atoms with E-state index < -0.39 is 14.9 Å². The summed E-state index contributed by atoms with van der Waals surface area (Å²) in [5.74, 6) is 0. The van der Waals surface area contributed by atoms with Crippen molar-refractivity contribution in [3.63, 3.8) is 0 Å². The largest absolute Gasteiger partial charge is 0.384 e. The highest BCUT2D eigenvalue weighted by atomic mass is 32.2. The van der Waals surface area contributed by atoms with Crippen LogP contribution >= 0.6 is 0 Å². The second-order valence-corrected chi connectivity index (χ2v) is 7.64. The monoisotopic (exact) mass is 386 g/mol. The minimum absolute atomic E-state index is 0.00103. The van der Waals surface area contributed by atoms with Crippen molar-refractivity contribution in [3.8, 4) is 0 Å². The first-order valence-corrected chi connectivity index (χ1v) is 9.69. The van der Waals surface area contributed by atoms with Gasteiger partial charge in [0, 0.05) is 42.5 Å². The summed E-state index contributed by atoms with van der Waals surface area (Å²) < 4.78 is 27.9. The number of benzene rings is 2. The number of nitrogens with zero attached hydrogens (tertiary/aromatic N) is 2. The van der Waals surface area contributed by atoms with Gasteiger partial charge in [0.05, 0.1) is 15.3 Å². The van der Waals surface area contributed by atoms with Crippen LogP contribution in [0.1, 0.15) is 5.56 Å². The molecule has 2 aromatic carbocycles. The molecule has 3 rings (SSSR count). The van der Waals surface area contributed by atoms with Crippen LogP contribution in [0.3, 0.4) is 0 Å². The number of nitro groups is 1. The van der Waals surface area contributed by atoms with Gasteiger partial charge in [-0.2, -0.15) is 0 Å². The number of rotatable bonds is 7. The molecule has 140 valence electrons. The predicted molar refractivity (Wildman–Crippen MR) is 103 cm³/mol. The summed E-state index contributed by atoms with van der Waals surface area (Å²) in [6.07, 6.45) is 1.63. The summed E-state index contributed by atoms with van der Waals surface area (Å²) in [6.45, 7) is 2.38. The third-order valence-electron chi connectivity index (χ3n) is 4.05. The molecule has 0 amide bonds. The maximum absolute atomic E-state index is 12.6. The van der Waals surface area contributed by atoms with E-state index >= 15 is 0 Å². The summed E-state index contributed by atoms with van der Waals surface area (Å²) in [7, 11) is -3.70. The topological polar surface area (TPSA) is 114 Å². The summed E-state index contributed by atoms with van der Waals surface area (Å²) in [4.78, 5) is 14.6. The molecule has 0 aliphatic heterocycles. The first kappa shape index (κ1) is 18.7. The number of hydrogen-bond donors (Lipinski definition) is 2. The van der Waals surface area contributed by atoms with E-state index in [4.69, 9.17) is 0 Å². The smallest absolute Gasteiger partial charge is 0.269 e. The fraction of sp³-hybridized carbons (Fsp3) is 0.167. The number of fused-ring (bicyclic) bond motifs is 1. The Morgan fingerprint density at radius 3 is 2.52 bits per heavy atom. The van der Waals surface area contributed by atoms with Crippen LogP contribution in [-0.4, -0.2) is 31.4 Å². The highest BCUT2D eigenvalue weighted by Crippen LogP contribution is 2.24. The zero-order valence-electron chi connectivity index (χ0n) is 14.5. The second kappa shape index (κ2) is 7.68. The van der Waals surface area contributed by atoms with Gasteiger partial charge < -0.3 is 5.32 Å². The molecule has 9 heteroatoms. The zero-order chi connectivity index (χ0) is 19.4. The molecule has 0 bridgehead atoms.